The molecule has 1 saturated carbocycles. The van der Waals surface area contributed by atoms with Crippen LogP contribution in [0, 0.1) is 0 Å². The predicted molar refractivity (Wildman–Crippen MR) is 96.0 cm³/mol. The van der Waals surface area contributed by atoms with Crippen LogP contribution < -0.4 is 10.1 Å². The number of aromatic nitrogens is 3. The number of anilines is 1. The number of benzene rings is 2. The molecule has 1 fully saturated rings. The summed E-state index contributed by atoms with van der Waals surface area (Å²) in [6, 6.07) is 13.1. The first-order valence-corrected chi connectivity index (χ1v) is 8.55. The topological polar surface area (TPSA) is 69.0 Å². The van der Waals surface area contributed by atoms with E-state index in [4.69, 9.17) is 4.74 Å². The second-order valence-corrected chi connectivity index (χ2v) is 6.34. The molecule has 2 aromatic carbocycles. The molecule has 0 saturated heterocycles. The summed E-state index contributed by atoms with van der Waals surface area (Å²) in [6.07, 6.45) is 4.77. The molecule has 0 atom stereocenters. The Kier molecular flexibility index (Phi) is 4.09. The van der Waals surface area contributed by atoms with E-state index in [9.17, 15) is 4.79 Å². The van der Waals surface area contributed by atoms with Crippen molar-refractivity contribution in [2.24, 2.45) is 0 Å². The van der Waals surface area contributed by atoms with Gasteiger partial charge in [-0.15, -0.1) is 0 Å². The number of hydrogen-bond donors (Lipinski definition) is 1. The van der Waals surface area contributed by atoms with E-state index >= 15 is 0 Å². The summed E-state index contributed by atoms with van der Waals surface area (Å²) in [5.74, 6) is 0.562. The average Bonchev–Trinajstić information content (AvgIpc) is 3.30. The number of rotatable bonds is 4. The SMILES string of the molecule is COc1ccc(C(=O)Nc2ccc3nn(C4CCCC4)nc3c2)cc1. The largest absolute Gasteiger partial charge is 0.497 e. The maximum Gasteiger partial charge on any atom is 0.255 e. The molecule has 1 aliphatic rings. The van der Waals surface area contributed by atoms with Crippen LogP contribution in [0.15, 0.2) is 42.5 Å². The first-order chi connectivity index (χ1) is 12.2. The van der Waals surface area contributed by atoms with Crippen molar-refractivity contribution in [3.05, 3.63) is 48.0 Å². The molecule has 4 rings (SSSR count). The average molecular weight is 336 g/mol. The number of methoxy groups -OCH3 is 1. The van der Waals surface area contributed by atoms with E-state index < -0.39 is 0 Å². The lowest BCUT2D eigenvalue weighted by molar-refractivity contribution is 0.102. The highest BCUT2D eigenvalue weighted by molar-refractivity contribution is 6.05. The lowest BCUT2D eigenvalue weighted by Gasteiger charge is -2.06. The fourth-order valence-electron chi connectivity index (χ4n) is 3.25. The first-order valence-electron chi connectivity index (χ1n) is 8.55. The molecule has 1 heterocycles. The van der Waals surface area contributed by atoms with Gasteiger partial charge in [0, 0.05) is 11.3 Å². The molecule has 0 aliphatic heterocycles. The predicted octanol–water partition coefficient (Wildman–Crippen LogP) is 3.81. The Balaban J connectivity index is 1.53. The molecule has 3 aromatic rings. The number of ether oxygens (including phenoxy) is 1. The number of nitrogens with zero attached hydrogens (tertiary/aromatic N) is 3. The van der Waals surface area contributed by atoms with Gasteiger partial charge in [0.2, 0.25) is 0 Å². The number of carbonyl (C=O) groups excluding carboxylic acids is 1. The van der Waals surface area contributed by atoms with Crippen LogP contribution in [0.4, 0.5) is 5.69 Å². The molecule has 1 aliphatic carbocycles. The van der Waals surface area contributed by atoms with Crippen LogP contribution in [0.25, 0.3) is 11.0 Å². The Labute approximate surface area is 145 Å². The van der Waals surface area contributed by atoms with E-state index in [-0.39, 0.29) is 5.91 Å². The van der Waals surface area contributed by atoms with Gasteiger partial charge < -0.3 is 10.1 Å². The van der Waals surface area contributed by atoms with E-state index in [1.165, 1.54) is 12.8 Å². The van der Waals surface area contributed by atoms with Crippen molar-refractivity contribution in [1.29, 1.82) is 0 Å². The zero-order chi connectivity index (χ0) is 17.2. The van der Waals surface area contributed by atoms with E-state index in [0.29, 0.717) is 17.3 Å². The highest BCUT2D eigenvalue weighted by Crippen LogP contribution is 2.29. The van der Waals surface area contributed by atoms with Gasteiger partial charge in [0.25, 0.3) is 5.91 Å². The third-order valence-electron chi connectivity index (χ3n) is 4.66. The Morgan fingerprint density at radius 1 is 1.08 bits per heavy atom. The summed E-state index contributed by atoms with van der Waals surface area (Å²) >= 11 is 0. The van der Waals surface area contributed by atoms with Crippen LogP contribution in [0.3, 0.4) is 0 Å². The van der Waals surface area contributed by atoms with Gasteiger partial charge in [-0.25, -0.2) is 0 Å². The summed E-state index contributed by atoms with van der Waals surface area (Å²) in [5, 5.41) is 12.1. The van der Waals surface area contributed by atoms with E-state index in [2.05, 4.69) is 15.5 Å². The molecular formula is C19H20N4O2. The number of carbonyl (C=O) groups is 1. The minimum absolute atomic E-state index is 0.162. The van der Waals surface area contributed by atoms with Gasteiger partial charge in [-0.3, -0.25) is 4.79 Å². The third-order valence-corrected chi connectivity index (χ3v) is 4.66. The van der Waals surface area contributed by atoms with Crippen molar-refractivity contribution in [2.75, 3.05) is 12.4 Å². The van der Waals surface area contributed by atoms with Crippen molar-refractivity contribution in [2.45, 2.75) is 31.7 Å². The maximum atomic E-state index is 12.4. The van der Waals surface area contributed by atoms with Crippen molar-refractivity contribution in [3.63, 3.8) is 0 Å². The van der Waals surface area contributed by atoms with Gasteiger partial charge in [0.1, 0.15) is 16.8 Å². The van der Waals surface area contributed by atoms with Crippen LogP contribution in [0.5, 0.6) is 5.75 Å². The summed E-state index contributed by atoms with van der Waals surface area (Å²) in [5.41, 5.74) is 2.95. The fourth-order valence-corrected chi connectivity index (χ4v) is 3.25. The highest BCUT2D eigenvalue weighted by Gasteiger charge is 2.19. The molecular weight excluding hydrogens is 316 g/mol. The van der Waals surface area contributed by atoms with Gasteiger partial charge in [-0.2, -0.15) is 15.0 Å². The number of amides is 1. The number of fused-ring (bicyclic) bond motifs is 1. The van der Waals surface area contributed by atoms with Crippen LogP contribution in [-0.2, 0) is 0 Å². The molecule has 0 radical (unpaired) electrons. The van der Waals surface area contributed by atoms with Crippen LogP contribution >= 0.6 is 0 Å². The van der Waals surface area contributed by atoms with Gasteiger partial charge in [0.05, 0.1) is 13.2 Å². The fraction of sp³-hybridized carbons (Fsp3) is 0.316. The standard InChI is InChI=1S/C19H20N4O2/c1-25-16-9-6-13(7-10-16)19(24)20-14-8-11-17-18(12-14)22-23(21-17)15-4-2-3-5-15/h6-12,15H,2-5H2,1H3,(H,20,24). The number of nitrogens with one attached hydrogen (secondary N) is 1. The second kappa shape index (κ2) is 6.55. The Morgan fingerprint density at radius 3 is 2.52 bits per heavy atom. The minimum Gasteiger partial charge on any atom is -0.497 e. The third kappa shape index (κ3) is 3.20. The molecule has 128 valence electrons. The van der Waals surface area contributed by atoms with Crippen molar-refractivity contribution >= 4 is 22.6 Å². The van der Waals surface area contributed by atoms with Crippen molar-refractivity contribution in [1.82, 2.24) is 15.0 Å². The smallest absolute Gasteiger partial charge is 0.255 e. The Morgan fingerprint density at radius 2 is 1.80 bits per heavy atom. The van der Waals surface area contributed by atoms with Crippen molar-refractivity contribution < 1.29 is 9.53 Å². The maximum absolute atomic E-state index is 12.4. The normalized spacial score (nSPS) is 14.8. The molecule has 1 N–H and O–H groups in total. The second-order valence-electron chi connectivity index (χ2n) is 6.34. The van der Waals surface area contributed by atoms with Gasteiger partial charge >= 0.3 is 0 Å². The van der Waals surface area contributed by atoms with Gasteiger partial charge in [-0.05, 0) is 55.3 Å². The quantitative estimate of drug-likeness (QED) is 0.786. The number of hydrogen-bond acceptors (Lipinski definition) is 4. The lowest BCUT2D eigenvalue weighted by atomic mass is 10.2. The highest BCUT2D eigenvalue weighted by atomic mass is 16.5. The Hall–Kier alpha value is -2.89. The van der Waals surface area contributed by atoms with E-state index in [0.717, 1.165) is 29.6 Å². The van der Waals surface area contributed by atoms with E-state index in [1.54, 1.807) is 31.4 Å². The zero-order valence-electron chi connectivity index (χ0n) is 14.1. The van der Waals surface area contributed by atoms with Gasteiger partial charge in [-0.1, -0.05) is 12.8 Å². The Bertz CT molecular complexity index is 895. The summed E-state index contributed by atoms with van der Waals surface area (Å²) < 4.78 is 5.11. The van der Waals surface area contributed by atoms with E-state index in [1.807, 2.05) is 23.0 Å². The molecule has 1 amide bonds. The molecule has 6 heteroatoms. The summed E-state index contributed by atoms with van der Waals surface area (Å²) in [4.78, 5) is 14.2. The van der Waals surface area contributed by atoms with Crippen LogP contribution in [-0.4, -0.2) is 28.0 Å². The van der Waals surface area contributed by atoms with Crippen LogP contribution in [0.2, 0.25) is 0 Å². The minimum atomic E-state index is -0.162. The molecule has 0 spiro atoms. The van der Waals surface area contributed by atoms with Crippen molar-refractivity contribution in [3.8, 4) is 5.75 Å². The molecule has 6 nitrogen and oxygen atoms in total. The molecule has 25 heavy (non-hydrogen) atoms. The monoisotopic (exact) mass is 336 g/mol. The summed E-state index contributed by atoms with van der Waals surface area (Å²) in [6.45, 7) is 0. The molecule has 0 unspecified atom stereocenters. The lowest BCUT2D eigenvalue weighted by Crippen LogP contribution is -2.11. The molecule has 0 bridgehead atoms. The van der Waals surface area contributed by atoms with Gasteiger partial charge in [0.15, 0.2) is 0 Å². The first kappa shape index (κ1) is 15.6. The summed E-state index contributed by atoms with van der Waals surface area (Å²) in [7, 11) is 1.60. The molecule has 1 aromatic heterocycles. The van der Waals surface area contributed by atoms with Crippen LogP contribution in [0.1, 0.15) is 42.1 Å². The zero-order valence-corrected chi connectivity index (χ0v) is 14.1.